The minimum absolute atomic E-state index is 0.157. The molecule has 1 N–H and O–H groups in total. The van der Waals surface area contributed by atoms with Crippen LogP contribution < -0.4 is 9.62 Å². The number of furan rings is 1. The maximum Gasteiger partial charge on any atom is 0.242 e. The van der Waals surface area contributed by atoms with E-state index in [0.717, 1.165) is 24.2 Å². The van der Waals surface area contributed by atoms with Crippen molar-refractivity contribution < 1.29 is 17.2 Å². The molecule has 176 valence electrons. The van der Waals surface area contributed by atoms with Gasteiger partial charge in [-0.2, -0.15) is 0 Å². The predicted molar refractivity (Wildman–Crippen MR) is 129 cm³/mol. The van der Waals surface area contributed by atoms with Crippen LogP contribution in [0.15, 0.2) is 88.5 Å². The number of sulfonamides is 1. The van der Waals surface area contributed by atoms with E-state index in [4.69, 9.17) is 4.42 Å². The highest BCUT2D eigenvalue weighted by Gasteiger charge is 2.29. The summed E-state index contributed by atoms with van der Waals surface area (Å²) in [5.74, 6) is 0.447. The zero-order valence-electron chi connectivity index (χ0n) is 18.5. The Morgan fingerprint density at radius 2 is 1.74 bits per heavy atom. The predicted octanol–water partition coefficient (Wildman–Crippen LogP) is 3.81. The lowest BCUT2D eigenvalue weighted by Crippen LogP contribution is -2.49. The highest BCUT2D eigenvalue weighted by molar-refractivity contribution is 7.89. The Labute approximate surface area is 197 Å². The number of nitrogens with one attached hydrogen (secondary N) is 1. The molecule has 2 aromatic carbocycles. The van der Waals surface area contributed by atoms with Crippen LogP contribution in [0.25, 0.3) is 10.9 Å². The van der Waals surface area contributed by atoms with Crippen LogP contribution >= 0.6 is 0 Å². The van der Waals surface area contributed by atoms with Crippen LogP contribution in [0.2, 0.25) is 0 Å². The van der Waals surface area contributed by atoms with Crippen molar-refractivity contribution in [1.82, 2.24) is 14.6 Å². The first-order chi connectivity index (χ1) is 16.5. The van der Waals surface area contributed by atoms with Gasteiger partial charge < -0.3 is 9.32 Å². The average Bonchev–Trinajstić information content (AvgIpc) is 3.39. The van der Waals surface area contributed by atoms with Crippen LogP contribution in [-0.2, 0) is 10.0 Å². The van der Waals surface area contributed by atoms with Gasteiger partial charge in [0.15, 0.2) is 0 Å². The van der Waals surface area contributed by atoms with Gasteiger partial charge in [-0.05, 0) is 48.5 Å². The molecule has 1 fully saturated rings. The van der Waals surface area contributed by atoms with Crippen molar-refractivity contribution in [2.24, 2.45) is 0 Å². The second-order valence-electron chi connectivity index (χ2n) is 8.21. The smallest absolute Gasteiger partial charge is 0.242 e. The van der Waals surface area contributed by atoms with E-state index in [0.29, 0.717) is 24.4 Å². The van der Waals surface area contributed by atoms with Crippen molar-refractivity contribution in [3.05, 3.63) is 90.8 Å². The summed E-state index contributed by atoms with van der Waals surface area (Å²) >= 11 is 0. The molecule has 0 radical (unpaired) electrons. The third kappa shape index (κ3) is 4.68. The number of nitrogens with zero attached hydrogens (tertiary/aromatic N) is 3. The maximum absolute atomic E-state index is 13.3. The molecule has 0 spiro atoms. The van der Waals surface area contributed by atoms with Crippen LogP contribution in [0, 0.1) is 5.82 Å². The minimum Gasteiger partial charge on any atom is -0.468 e. The summed E-state index contributed by atoms with van der Waals surface area (Å²) in [6.07, 6.45) is 3.19. The summed E-state index contributed by atoms with van der Waals surface area (Å²) in [5, 5.41) is 0.768. The zero-order chi connectivity index (χ0) is 23.5. The van der Waals surface area contributed by atoms with Crippen LogP contribution in [0.3, 0.4) is 0 Å². The number of benzene rings is 2. The zero-order valence-corrected chi connectivity index (χ0v) is 19.3. The Hall–Kier alpha value is -3.27. The van der Waals surface area contributed by atoms with Gasteiger partial charge in [0.1, 0.15) is 16.5 Å². The molecule has 1 saturated heterocycles. The molecule has 1 unspecified atom stereocenters. The van der Waals surface area contributed by atoms with Gasteiger partial charge >= 0.3 is 0 Å². The fourth-order valence-electron chi connectivity index (χ4n) is 4.39. The first-order valence-corrected chi connectivity index (χ1v) is 12.6. The second kappa shape index (κ2) is 9.54. The summed E-state index contributed by atoms with van der Waals surface area (Å²) in [6, 6.07) is 18.6. The quantitative estimate of drug-likeness (QED) is 0.433. The Morgan fingerprint density at radius 1 is 0.971 bits per heavy atom. The Bertz CT molecular complexity index is 1350. The van der Waals surface area contributed by atoms with E-state index in [-0.39, 0.29) is 23.3 Å². The first-order valence-electron chi connectivity index (χ1n) is 11.1. The van der Waals surface area contributed by atoms with E-state index < -0.39 is 10.0 Å². The third-order valence-corrected chi connectivity index (χ3v) is 7.63. The van der Waals surface area contributed by atoms with Gasteiger partial charge in [0, 0.05) is 50.0 Å². The number of hydrogen-bond acceptors (Lipinski definition) is 6. The van der Waals surface area contributed by atoms with E-state index in [1.165, 1.54) is 12.1 Å². The number of pyridine rings is 1. The molecule has 34 heavy (non-hydrogen) atoms. The number of para-hydroxylation sites is 1. The standard InChI is InChI=1S/C25H25FN4O3S/c26-20-8-10-21(11-9-20)29-13-15-30(16-14-29)22(23-6-3-17-33-23)18-28-34(31,32)24-7-1-4-19-5-2-12-27-25(19)24/h1-12,17,22,28H,13-16,18H2. The molecule has 0 saturated carbocycles. The fraction of sp³-hybridized carbons (Fsp3) is 0.240. The molecular formula is C25H25FN4O3S. The van der Waals surface area contributed by atoms with Gasteiger partial charge in [-0.1, -0.05) is 18.2 Å². The molecule has 0 amide bonds. The summed E-state index contributed by atoms with van der Waals surface area (Å²) < 4.78 is 48.2. The lowest BCUT2D eigenvalue weighted by atomic mass is 10.1. The Kier molecular flexibility index (Phi) is 6.32. The monoisotopic (exact) mass is 480 g/mol. The van der Waals surface area contributed by atoms with Crippen LogP contribution in [0.1, 0.15) is 11.8 Å². The number of piperazine rings is 1. The number of anilines is 1. The highest BCUT2D eigenvalue weighted by atomic mass is 32.2. The lowest BCUT2D eigenvalue weighted by Gasteiger charge is -2.39. The fourth-order valence-corrected chi connectivity index (χ4v) is 5.61. The van der Waals surface area contributed by atoms with E-state index in [1.807, 2.05) is 18.2 Å². The molecule has 5 rings (SSSR count). The van der Waals surface area contributed by atoms with Crippen molar-refractivity contribution in [1.29, 1.82) is 0 Å². The first kappa shape index (κ1) is 22.5. The molecule has 4 aromatic rings. The van der Waals surface area contributed by atoms with Gasteiger partial charge in [-0.3, -0.25) is 9.88 Å². The molecule has 0 bridgehead atoms. The van der Waals surface area contributed by atoms with Crippen molar-refractivity contribution in [2.75, 3.05) is 37.6 Å². The lowest BCUT2D eigenvalue weighted by molar-refractivity contribution is 0.166. The van der Waals surface area contributed by atoms with Crippen LogP contribution in [0.5, 0.6) is 0 Å². The molecule has 2 aromatic heterocycles. The normalized spacial score (nSPS) is 16.1. The topological polar surface area (TPSA) is 78.7 Å². The van der Waals surface area contributed by atoms with Crippen LogP contribution in [0.4, 0.5) is 10.1 Å². The van der Waals surface area contributed by atoms with E-state index in [9.17, 15) is 12.8 Å². The molecule has 9 heteroatoms. The van der Waals surface area contributed by atoms with Gasteiger partial charge in [0.05, 0.1) is 17.8 Å². The van der Waals surface area contributed by atoms with Gasteiger partial charge in [0.2, 0.25) is 10.0 Å². The summed E-state index contributed by atoms with van der Waals surface area (Å²) in [7, 11) is -3.80. The van der Waals surface area contributed by atoms with E-state index in [1.54, 1.807) is 48.9 Å². The van der Waals surface area contributed by atoms with Crippen molar-refractivity contribution in [3.63, 3.8) is 0 Å². The van der Waals surface area contributed by atoms with Crippen LogP contribution in [-0.4, -0.2) is 51.0 Å². The Balaban J connectivity index is 1.32. The SMILES string of the molecule is O=S(=O)(NCC(c1ccco1)N1CCN(c2ccc(F)cc2)CC1)c1cccc2cccnc12. The number of rotatable bonds is 7. The Morgan fingerprint density at radius 3 is 2.47 bits per heavy atom. The number of aromatic nitrogens is 1. The molecule has 7 nitrogen and oxygen atoms in total. The number of halogens is 1. The summed E-state index contributed by atoms with van der Waals surface area (Å²) in [5.41, 5.74) is 1.42. The molecule has 1 atom stereocenters. The number of fused-ring (bicyclic) bond motifs is 1. The molecule has 1 aliphatic heterocycles. The van der Waals surface area contributed by atoms with Crippen molar-refractivity contribution in [2.45, 2.75) is 10.9 Å². The molecular weight excluding hydrogens is 455 g/mol. The summed E-state index contributed by atoms with van der Waals surface area (Å²) in [6.45, 7) is 3.06. The van der Waals surface area contributed by atoms with E-state index >= 15 is 0 Å². The number of hydrogen-bond donors (Lipinski definition) is 1. The average molecular weight is 481 g/mol. The molecule has 3 heterocycles. The molecule has 0 aliphatic carbocycles. The van der Waals surface area contributed by atoms with Crippen molar-refractivity contribution in [3.8, 4) is 0 Å². The second-order valence-corrected chi connectivity index (χ2v) is 9.95. The van der Waals surface area contributed by atoms with Gasteiger partial charge in [0.25, 0.3) is 0 Å². The highest BCUT2D eigenvalue weighted by Crippen LogP contribution is 2.26. The third-order valence-electron chi connectivity index (χ3n) is 6.17. The maximum atomic E-state index is 13.3. The largest absolute Gasteiger partial charge is 0.468 e. The van der Waals surface area contributed by atoms with Gasteiger partial charge in [-0.25, -0.2) is 17.5 Å². The molecule has 1 aliphatic rings. The van der Waals surface area contributed by atoms with Gasteiger partial charge in [-0.15, -0.1) is 0 Å². The van der Waals surface area contributed by atoms with E-state index in [2.05, 4.69) is 19.5 Å². The van der Waals surface area contributed by atoms with Crippen molar-refractivity contribution >= 4 is 26.6 Å². The summed E-state index contributed by atoms with van der Waals surface area (Å²) in [4.78, 5) is 8.84. The minimum atomic E-state index is -3.80.